The molecule has 1 fully saturated rings. The Morgan fingerprint density at radius 1 is 1.64 bits per heavy atom. The summed E-state index contributed by atoms with van der Waals surface area (Å²) in [5.41, 5.74) is 10.5. The van der Waals surface area contributed by atoms with Crippen LogP contribution in [0.4, 0.5) is 9.59 Å². The van der Waals surface area contributed by atoms with Gasteiger partial charge in [0.25, 0.3) is 0 Å². The number of nitrogens with two attached hydrogens (primary N) is 2. The van der Waals surface area contributed by atoms with Gasteiger partial charge in [-0.1, -0.05) is 0 Å². The van der Waals surface area contributed by atoms with Crippen LogP contribution in [0.3, 0.4) is 0 Å². The molecule has 11 heavy (non-hydrogen) atoms. The number of cyclic esters (lactones) is 1. The highest BCUT2D eigenvalue weighted by Crippen LogP contribution is 1.97. The summed E-state index contributed by atoms with van der Waals surface area (Å²) in [6, 6.07) is -0.833. The number of hydrogen-bond donors (Lipinski definition) is 3. The Kier molecular flexibility index (Phi) is 3.75. The van der Waals surface area contributed by atoms with E-state index in [1.54, 1.807) is 6.92 Å². The molecule has 0 saturated carbocycles. The number of carbonyl (C=O) groups excluding carboxylic acids is 2. The number of urea groups is 1. The van der Waals surface area contributed by atoms with Gasteiger partial charge in [-0.15, -0.1) is 0 Å². The van der Waals surface area contributed by atoms with E-state index in [1.165, 1.54) is 0 Å². The molecule has 1 heterocycles. The van der Waals surface area contributed by atoms with Gasteiger partial charge in [-0.2, -0.15) is 5.48 Å². The van der Waals surface area contributed by atoms with Crippen molar-refractivity contribution in [3.8, 4) is 0 Å². The van der Waals surface area contributed by atoms with E-state index in [1.807, 2.05) is 5.48 Å². The van der Waals surface area contributed by atoms with E-state index in [4.69, 9.17) is 4.79 Å². The number of carbonyl (C=O) groups is 2. The van der Waals surface area contributed by atoms with Gasteiger partial charge < -0.3 is 16.2 Å². The maximum absolute atomic E-state index is 10.00. The second kappa shape index (κ2) is 4.34. The number of hydroxylamine groups is 1. The molecule has 7 heteroatoms. The van der Waals surface area contributed by atoms with Crippen molar-refractivity contribution in [2.45, 2.75) is 13.2 Å². The van der Waals surface area contributed by atoms with Crippen LogP contribution in [-0.2, 0) is 9.57 Å². The van der Waals surface area contributed by atoms with Gasteiger partial charge in [-0.05, 0) is 0 Å². The Bertz CT molecular complexity index is 155. The van der Waals surface area contributed by atoms with Gasteiger partial charge in [0.15, 0.2) is 0 Å². The Morgan fingerprint density at radius 2 is 2.09 bits per heavy atom. The molecule has 5 N–H and O–H groups in total. The van der Waals surface area contributed by atoms with E-state index < -0.39 is 18.4 Å². The first-order valence-electron chi connectivity index (χ1n) is 2.69. The highest BCUT2D eigenvalue weighted by Gasteiger charge is 2.17. The van der Waals surface area contributed by atoms with Gasteiger partial charge in [0, 0.05) is 6.92 Å². The number of nitrogens with one attached hydrogen (secondary N) is 1. The first-order chi connectivity index (χ1) is 5.02. The van der Waals surface area contributed by atoms with Gasteiger partial charge in [0.05, 0.1) is 0 Å². The number of amides is 3. The molecule has 1 aliphatic rings. The third-order valence-corrected chi connectivity index (χ3v) is 0.581. The Hall–Kier alpha value is -1.50. The Morgan fingerprint density at radius 3 is 2.18 bits per heavy atom. The summed E-state index contributed by atoms with van der Waals surface area (Å²) in [6.07, 6.45) is -0.958. The molecule has 1 saturated heterocycles. The summed E-state index contributed by atoms with van der Waals surface area (Å²) in [4.78, 5) is 23.4. The molecule has 1 aliphatic heterocycles. The van der Waals surface area contributed by atoms with Gasteiger partial charge in [0.1, 0.15) is 0 Å². The first kappa shape index (κ1) is 9.50. The lowest BCUT2D eigenvalue weighted by molar-refractivity contribution is -0.0430. The SMILES string of the molecule is CC1ONC(=O)O1.NC(N)=O. The molecular weight excluding hydrogens is 154 g/mol. The van der Waals surface area contributed by atoms with Gasteiger partial charge in [-0.25, -0.2) is 14.4 Å². The van der Waals surface area contributed by atoms with E-state index in [0.717, 1.165) is 0 Å². The van der Waals surface area contributed by atoms with Crippen LogP contribution in [0.1, 0.15) is 6.92 Å². The van der Waals surface area contributed by atoms with Crippen LogP contribution in [0.25, 0.3) is 0 Å². The fraction of sp³-hybridized carbons (Fsp3) is 0.500. The maximum Gasteiger partial charge on any atom is 0.433 e. The number of ether oxygens (including phenoxy) is 1. The lowest BCUT2D eigenvalue weighted by Gasteiger charge is -1.91. The molecular formula is C4H9N3O4. The standard InChI is InChI=1S/C3H5NO3.CH4N2O/c1-2-6-3(5)4-7-2;2-1(3)4/h2H,1H3,(H,4,5);(H4,2,3,4). The van der Waals surface area contributed by atoms with Gasteiger partial charge in [-0.3, -0.25) is 0 Å². The molecule has 0 spiro atoms. The molecule has 1 unspecified atom stereocenters. The fourth-order valence-corrected chi connectivity index (χ4v) is 0.330. The van der Waals surface area contributed by atoms with E-state index in [0.29, 0.717) is 0 Å². The van der Waals surface area contributed by atoms with Crippen LogP contribution < -0.4 is 16.9 Å². The molecule has 0 aliphatic carbocycles. The zero-order valence-corrected chi connectivity index (χ0v) is 5.87. The highest BCUT2D eigenvalue weighted by molar-refractivity contribution is 5.69. The molecule has 0 aromatic carbocycles. The van der Waals surface area contributed by atoms with E-state index >= 15 is 0 Å². The minimum atomic E-state index is -0.833. The molecule has 1 atom stereocenters. The van der Waals surface area contributed by atoms with Crippen LogP contribution in [-0.4, -0.2) is 18.4 Å². The van der Waals surface area contributed by atoms with E-state index in [2.05, 4.69) is 21.0 Å². The van der Waals surface area contributed by atoms with Crippen molar-refractivity contribution in [1.29, 1.82) is 0 Å². The smallest absolute Gasteiger partial charge is 0.416 e. The second-order valence-electron chi connectivity index (χ2n) is 1.60. The zero-order valence-electron chi connectivity index (χ0n) is 5.87. The Labute approximate surface area is 62.6 Å². The number of primary amides is 2. The second-order valence-corrected chi connectivity index (χ2v) is 1.60. The number of rotatable bonds is 0. The summed E-state index contributed by atoms with van der Waals surface area (Å²) in [7, 11) is 0. The minimum Gasteiger partial charge on any atom is -0.416 e. The third-order valence-electron chi connectivity index (χ3n) is 0.581. The highest BCUT2D eigenvalue weighted by atomic mass is 16.9. The Balaban J connectivity index is 0.000000218. The van der Waals surface area contributed by atoms with Crippen LogP contribution in [0.5, 0.6) is 0 Å². The lowest BCUT2D eigenvalue weighted by atomic mass is 10.8. The summed E-state index contributed by atoms with van der Waals surface area (Å²) < 4.78 is 4.39. The van der Waals surface area contributed by atoms with Gasteiger partial charge >= 0.3 is 12.1 Å². The predicted molar refractivity (Wildman–Crippen MR) is 33.9 cm³/mol. The normalized spacial score (nSPS) is 20.8. The van der Waals surface area contributed by atoms with Crippen molar-refractivity contribution in [3.63, 3.8) is 0 Å². The molecule has 7 nitrogen and oxygen atoms in total. The van der Waals surface area contributed by atoms with Crippen LogP contribution in [0.15, 0.2) is 0 Å². The average molecular weight is 163 g/mol. The van der Waals surface area contributed by atoms with E-state index in [9.17, 15) is 4.79 Å². The summed E-state index contributed by atoms with van der Waals surface area (Å²) in [5.74, 6) is 0. The molecule has 0 aromatic rings. The van der Waals surface area contributed by atoms with Crippen LogP contribution in [0.2, 0.25) is 0 Å². The van der Waals surface area contributed by atoms with Crippen molar-refractivity contribution < 1.29 is 19.2 Å². The predicted octanol–water partition coefficient (Wildman–Crippen LogP) is -0.972. The van der Waals surface area contributed by atoms with Crippen molar-refractivity contribution in [1.82, 2.24) is 5.48 Å². The van der Waals surface area contributed by atoms with Crippen LogP contribution in [0, 0.1) is 0 Å². The third kappa shape index (κ3) is 6.38. The quantitative estimate of drug-likeness (QED) is 0.425. The average Bonchev–Trinajstić information content (AvgIpc) is 2.13. The van der Waals surface area contributed by atoms with Gasteiger partial charge in [0.2, 0.25) is 6.29 Å². The van der Waals surface area contributed by atoms with Crippen molar-refractivity contribution in [2.75, 3.05) is 0 Å². The van der Waals surface area contributed by atoms with E-state index in [-0.39, 0.29) is 0 Å². The zero-order chi connectivity index (χ0) is 8.85. The largest absolute Gasteiger partial charge is 0.433 e. The molecule has 3 amide bonds. The molecule has 0 aromatic heterocycles. The minimum absolute atomic E-state index is 0.438. The summed E-state index contributed by atoms with van der Waals surface area (Å²) in [6.45, 7) is 1.62. The van der Waals surface area contributed by atoms with Crippen molar-refractivity contribution >= 4 is 12.1 Å². The first-order valence-corrected chi connectivity index (χ1v) is 2.69. The summed E-state index contributed by atoms with van der Waals surface area (Å²) >= 11 is 0. The fourth-order valence-electron chi connectivity index (χ4n) is 0.330. The number of hydrogen-bond acceptors (Lipinski definition) is 4. The van der Waals surface area contributed by atoms with Crippen molar-refractivity contribution in [2.24, 2.45) is 11.5 Å². The molecule has 0 radical (unpaired) electrons. The monoisotopic (exact) mass is 163 g/mol. The molecule has 1 rings (SSSR count). The molecule has 64 valence electrons. The van der Waals surface area contributed by atoms with Crippen LogP contribution >= 0.6 is 0 Å². The lowest BCUT2D eigenvalue weighted by Crippen LogP contribution is -2.18. The maximum atomic E-state index is 10.00. The summed E-state index contributed by atoms with van der Waals surface area (Å²) in [5, 5.41) is 0. The topological polar surface area (TPSA) is 117 Å². The molecule has 0 bridgehead atoms. The van der Waals surface area contributed by atoms with Crippen molar-refractivity contribution in [3.05, 3.63) is 0 Å².